The molecule has 0 aliphatic heterocycles. The summed E-state index contributed by atoms with van der Waals surface area (Å²) >= 11 is 0. The minimum atomic E-state index is 0.128. The van der Waals surface area contributed by atoms with Gasteiger partial charge in [0.15, 0.2) is 0 Å². The monoisotopic (exact) mass is 235 g/mol. The second kappa shape index (κ2) is 6.94. The number of benzene rings is 1. The Hall–Kier alpha value is -1.51. The van der Waals surface area contributed by atoms with Gasteiger partial charge >= 0.3 is 0 Å². The van der Waals surface area contributed by atoms with Gasteiger partial charge in [0.1, 0.15) is 5.75 Å². The average molecular weight is 235 g/mol. The highest BCUT2D eigenvalue weighted by Gasteiger charge is 2.07. The van der Waals surface area contributed by atoms with Gasteiger partial charge in [0.25, 0.3) is 0 Å². The van der Waals surface area contributed by atoms with Crippen molar-refractivity contribution >= 4 is 5.91 Å². The molecule has 3 heteroatoms. The second-order valence-corrected chi connectivity index (χ2v) is 4.27. The lowest BCUT2D eigenvalue weighted by molar-refractivity contribution is -0.121. The van der Waals surface area contributed by atoms with Gasteiger partial charge in [-0.3, -0.25) is 4.79 Å². The van der Waals surface area contributed by atoms with E-state index in [1.54, 1.807) is 7.11 Å². The summed E-state index contributed by atoms with van der Waals surface area (Å²) in [4.78, 5) is 11.4. The van der Waals surface area contributed by atoms with Crippen molar-refractivity contribution in [1.82, 2.24) is 5.32 Å². The van der Waals surface area contributed by atoms with Gasteiger partial charge in [-0.15, -0.1) is 0 Å². The van der Waals surface area contributed by atoms with Crippen LogP contribution in [0.5, 0.6) is 5.75 Å². The van der Waals surface area contributed by atoms with E-state index in [1.165, 1.54) is 5.56 Å². The van der Waals surface area contributed by atoms with Crippen molar-refractivity contribution in [3.05, 3.63) is 29.8 Å². The number of hydrogen-bond donors (Lipinski definition) is 1. The molecule has 1 aromatic carbocycles. The van der Waals surface area contributed by atoms with Crippen molar-refractivity contribution in [2.75, 3.05) is 7.11 Å². The summed E-state index contributed by atoms with van der Waals surface area (Å²) in [6.07, 6.45) is 2.31. The smallest absolute Gasteiger partial charge is 0.220 e. The minimum Gasteiger partial charge on any atom is -0.497 e. The first-order chi connectivity index (χ1) is 8.15. The molecule has 94 valence electrons. The zero-order valence-electron chi connectivity index (χ0n) is 10.8. The molecular weight excluding hydrogens is 214 g/mol. The second-order valence-electron chi connectivity index (χ2n) is 4.27. The fourth-order valence-electron chi connectivity index (χ4n) is 1.78. The van der Waals surface area contributed by atoms with Crippen LogP contribution < -0.4 is 10.1 Å². The Morgan fingerprint density at radius 2 is 2.24 bits per heavy atom. The van der Waals surface area contributed by atoms with Crippen LogP contribution in [0.25, 0.3) is 0 Å². The van der Waals surface area contributed by atoms with E-state index in [-0.39, 0.29) is 11.9 Å². The van der Waals surface area contributed by atoms with Crippen LogP contribution in [0.2, 0.25) is 0 Å². The largest absolute Gasteiger partial charge is 0.497 e. The molecular formula is C14H21NO2. The molecule has 0 aromatic heterocycles. The van der Waals surface area contributed by atoms with E-state index >= 15 is 0 Å². The molecule has 3 nitrogen and oxygen atoms in total. The van der Waals surface area contributed by atoms with Gasteiger partial charge in [-0.05, 0) is 37.5 Å². The number of rotatable bonds is 6. The van der Waals surface area contributed by atoms with E-state index in [2.05, 4.69) is 5.32 Å². The van der Waals surface area contributed by atoms with Crippen LogP contribution in [0.1, 0.15) is 32.3 Å². The van der Waals surface area contributed by atoms with Crippen LogP contribution in [-0.4, -0.2) is 19.1 Å². The molecule has 0 bridgehead atoms. The van der Waals surface area contributed by atoms with Crippen LogP contribution in [0.3, 0.4) is 0 Å². The lowest BCUT2D eigenvalue weighted by atomic mass is 10.1. The maximum atomic E-state index is 11.4. The van der Waals surface area contributed by atoms with Crippen molar-refractivity contribution in [1.29, 1.82) is 0 Å². The molecule has 1 rings (SSSR count). The van der Waals surface area contributed by atoms with E-state index in [4.69, 9.17) is 4.74 Å². The van der Waals surface area contributed by atoms with E-state index in [1.807, 2.05) is 38.1 Å². The molecule has 0 aliphatic rings. The van der Waals surface area contributed by atoms with E-state index in [9.17, 15) is 4.79 Å². The third kappa shape index (κ3) is 4.89. The van der Waals surface area contributed by atoms with Gasteiger partial charge in [0, 0.05) is 12.5 Å². The number of nitrogens with one attached hydrogen (secondary N) is 1. The molecule has 1 N–H and O–H groups in total. The molecule has 0 heterocycles. The topological polar surface area (TPSA) is 38.3 Å². The zero-order valence-corrected chi connectivity index (χ0v) is 10.8. The Bertz CT molecular complexity index is 363. The van der Waals surface area contributed by atoms with Crippen molar-refractivity contribution < 1.29 is 9.53 Å². The lowest BCUT2D eigenvalue weighted by Gasteiger charge is -2.14. The first-order valence-corrected chi connectivity index (χ1v) is 6.08. The highest BCUT2D eigenvalue weighted by molar-refractivity contribution is 5.76. The number of methoxy groups -OCH3 is 1. The first kappa shape index (κ1) is 13.6. The third-order valence-corrected chi connectivity index (χ3v) is 2.56. The van der Waals surface area contributed by atoms with Gasteiger partial charge in [-0.25, -0.2) is 0 Å². The highest BCUT2D eigenvalue weighted by Crippen LogP contribution is 2.13. The summed E-state index contributed by atoms with van der Waals surface area (Å²) in [6.45, 7) is 4.03. The number of amides is 1. The van der Waals surface area contributed by atoms with Crippen molar-refractivity contribution in [3.8, 4) is 5.75 Å². The van der Waals surface area contributed by atoms with Gasteiger partial charge in [0.2, 0.25) is 5.91 Å². The predicted octanol–water partition coefficient (Wildman–Crippen LogP) is 2.54. The Kier molecular flexibility index (Phi) is 5.53. The Balaban J connectivity index is 2.49. The normalized spacial score (nSPS) is 11.9. The lowest BCUT2D eigenvalue weighted by Crippen LogP contribution is -2.33. The van der Waals surface area contributed by atoms with Crippen LogP contribution in [0.4, 0.5) is 0 Å². The Morgan fingerprint density at radius 3 is 2.88 bits per heavy atom. The number of hydrogen-bond acceptors (Lipinski definition) is 2. The van der Waals surface area contributed by atoms with Crippen molar-refractivity contribution in [2.45, 2.75) is 39.2 Å². The fraction of sp³-hybridized carbons (Fsp3) is 0.500. The standard InChI is InChI=1S/C14H21NO2/c1-4-6-14(16)15-11(2)9-12-7-5-8-13(10-12)17-3/h5,7-8,10-11H,4,6,9H2,1-3H3,(H,15,16)/t11-/m1/s1. The molecule has 1 amide bonds. The molecule has 0 radical (unpaired) electrons. The highest BCUT2D eigenvalue weighted by atomic mass is 16.5. The first-order valence-electron chi connectivity index (χ1n) is 6.08. The summed E-state index contributed by atoms with van der Waals surface area (Å²) < 4.78 is 5.17. The van der Waals surface area contributed by atoms with Gasteiger partial charge in [0.05, 0.1) is 7.11 Å². The minimum absolute atomic E-state index is 0.128. The maximum absolute atomic E-state index is 11.4. The molecule has 0 aliphatic carbocycles. The number of carbonyl (C=O) groups excluding carboxylic acids is 1. The molecule has 1 aromatic rings. The molecule has 17 heavy (non-hydrogen) atoms. The molecule has 0 saturated heterocycles. The Labute approximate surface area is 103 Å². The van der Waals surface area contributed by atoms with Crippen LogP contribution in [0.15, 0.2) is 24.3 Å². The summed E-state index contributed by atoms with van der Waals surface area (Å²) in [7, 11) is 1.66. The van der Waals surface area contributed by atoms with Crippen LogP contribution in [0, 0.1) is 0 Å². The Morgan fingerprint density at radius 1 is 1.47 bits per heavy atom. The predicted molar refractivity (Wildman–Crippen MR) is 69.2 cm³/mol. The summed E-state index contributed by atoms with van der Waals surface area (Å²) in [5, 5.41) is 2.99. The van der Waals surface area contributed by atoms with Crippen molar-refractivity contribution in [2.24, 2.45) is 0 Å². The van der Waals surface area contributed by atoms with Crippen LogP contribution >= 0.6 is 0 Å². The van der Waals surface area contributed by atoms with Gasteiger partial charge < -0.3 is 10.1 Å². The van der Waals surface area contributed by atoms with Crippen LogP contribution in [-0.2, 0) is 11.2 Å². The molecule has 1 atom stereocenters. The van der Waals surface area contributed by atoms with Gasteiger partial charge in [-0.2, -0.15) is 0 Å². The molecule has 0 spiro atoms. The zero-order chi connectivity index (χ0) is 12.7. The molecule has 0 unspecified atom stereocenters. The molecule has 0 fully saturated rings. The summed E-state index contributed by atoms with van der Waals surface area (Å²) in [5.41, 5.74) is 1.17. The quantitative estimate of drug-likeness (QED) is 0.823. The van der Waals surface area contributed by atoms with Gasteiger partial charge in [-0.1, -0.05) is 19.1 Å². The number of ether oxygens (including phenoxy) is 1. The maximum Gasteiger partial charge on any atom is 0.220 e. The molecule has 0 saturated carbocycles. The third-order valence-electron chi connectivity index (χ3n) is 2.56. The fourth-order valence-corrected chi connectivity index (χ4v) is 1.78. The SMILES string of the molecule is CCCC(=O)N[C@H](C)Cc1cccc(OC)c1. The summed E-state index contributed by atoms with van der Waals surface area (Å²) in [5.74, 6) is 0.984. The van der Waals surface area contributed by atoms with E-state index in [0.29, 0.717) is 6.42 Å². The summed E-state index contributed by atoms with van der Waals surface area (Å²) in [6, 6.07) is 8.09. The van der Waals surface area contributed by atoms with E-state index in [0.717, 1.165) is 18.6 Å². The average Bonchev–Trinajstić information content (AvgIpc) is 2.29. The van der Waals surface area contributed by atoms with E-state index < -0.39 is 0 Å². The number of carbonyl (C=O) groups is 1. The van der Waals surface area contributed by atoms with Crippen molar-refractivity contribution in [3.63, 3.8) is 0 Å².